The number of ether oxygens (including phenoxy) is 2. The Labute approximate surface area is 201 Å². The van der Waals surface area contributed by atoms with Gasteiger partial charge in [0, 0.05) is 11.5 Å². The van der Waals surface area contributed by atoms with Crippen molar-refractivity contribution < 1.29 is 9.47 Å². The molecule has 0 amide bonds. The lowest BCUT2D eigenvalue weighted by molar-refractivity contribution is 0.467. The van der Waals surface area contributed by atoms with Gasteiger partial charge in [0.05, 0.1) is 0 Å². The predicted molar refractivity (Wildman–Crippen MR) is 138 cm³/mol. The zero-order valence-electron chi connectivity index (χ0n) is 18.9. The molecule has 2 heteroatoms. The fourth-order valence-electron chi connectivity index (χ4n) is 4.18. The summed E-state index contributed by atoms with van der Waals surface area (Å²) in [6.07, 6.45) is 0.780. The maximum Gasteiger partial charge on any atom is 0.131 e. The second-order valence-electron chi connectivity index (χ2n) is 8.14. The van der Waals surface area contributed by atoms with E-state index in [2.05, 4.69) is 54.6 Å². The maximum absolute atomic E-state index is 6.34. The molecule has 166 valence electrons. The van der Waals surface area contributed by atoms with Crippen molar-refractivity contribution in [1.82, 2.24) is 0 Å². The number of benzene rings is 5. The van der Waals surface area contributed by atoms with Crippen molar-refractivity contribution in [1.29, 1.82) is 0 Å². The summed E-state index contributed by atoms with van der Waals surface area (Å²) in [7, 11) is 0. The van der Waals surface area contributed by atoms with Crippen LogP contribution in [0.1, 0.15) is 22.6 Å². The molecular formula is C32H26O2. The highest BCUT2D eigenvalue weighted by atomic mass is 16.5. The first-order valence-corrected chi connectivity index (χ1v) is 11.5. The first kappa shape index (κ1) is 21.5. The maximum atomic E-state index is 6.34. The summed E-state index contributed by atoms with van der Waals surface area (Å²) >= 11 is 0. The van der Waals surface area contributed by atoms with E-state index in [0.717, 1.165) is 40.5 Å². The van der Waals surface area contributed by atoms with Crippen molar-refractivity contribution in [2.45, 2.75) is 12.3 Å². The van der Waals surface area contributed by atoms with Crippen LogP contribution in [-0.2, 0) is 6.42 Å². The largest absolute Gasteiger partial charge is 0.457 e. The summed E-state index contributed by atoms with van der Waals surface area (Å²) in [4.78, 5) is 0. The number of rotatable bonds is 8. The molecule has 1 atom stereocenters. The van der Waals surface area contributed by atoms with Crippen molar-refractivity contribution in [2.24, 2.45) is 0 Å². The Kier molecular flexibility index (Phi) is 6.68. The minimum Gasteiger partial charge on any atom is -0.457 e. The van der Waals surface area contributed by atoms with E-state index < -0.39 is 0 Å². The molecule has 1 unspecified atom stereocenters. The van der Waals surface area contributed by atoms with Crippen LogP contribution < -0.4 is 9.47 Å². The highest BCUT2D eigenvalue weighted by molar-refractivity contribution is 5.47. The van der Waals surface area contributed by atoms with Gasteiger partial charge in [0.2, 0.25) is 0 Å². The van der Waals surface area contributed by atoms with E-state index in [0.29, 0.717) is 0 Å². The third kappa shape index (κ3) is 5.19. The van der Waals surface area contributed by atoms with Crippen molar-refractivity contribution in [3.05, 3.63) is 156 Å². The summed E-state index contributed by atoms with van der Waals surface area (Å²) in [5.41, 5.74) is 3.53. The van der Waals surface area contributed by atoms with Gasteiger partial charge in [-0.2, -0.15) is 0 Å². The smallest absolute Gasteiger partial charge is 0.131 e. The Balaban J connectivity index is 1.53. The molecule has 0 saturated heterocycles. The quantitative estimate of drug-likeness (QED) is 0.239. The van der Waals surface area contributed by atoms with Crippen LogP contribution in [0.15, 0.2) is 140 Å². The summed E-state index contributed by atoms with van der Waals surface area (Å²) in [5, 5.41) is 0. The van der Waals surface area contributed by atoms with Crippen LogP contribution >= 0.6 is 0 Å². The average molecular weight is 443 g/mol. The minimum absolute atomic E-state index is 0.0987. The van der Waals surface area contributed by atoms with Crippen molar-refractivity contribution >= 4 is 0 Å². The summed E-state index contributed by atoms with van der Waals surface area (Å²) < 4.78 is 12.6. The van der Waals surface area contributed by atoms with Gasteiger partial charge >= 0.3 is 0 Å². The third-order valence-electron chi connectivity index (χ3n) is 5.84. The minimum atomic E-state index is 0.0987. The number of hydrogen-bond acceptors (Lipinski definition) is 2. The van der Waals surface area contributed by atoms with Crippen molar-refractivity contribution in [3.63, 3.8) is 0 Å². The normalized spacial score (nSPS) is 11.5. The molecule has 0 heterocycles. The summed E-state index contributed by atoms with van der Waals surface area (Å²) in [6, 6.07) is 47.1. The Morgan fingerprint density at radius 3 is 1.56 bits per heavy atom. The summed E-state index contributed by atoms with van der Waals surface area (Å²) in [6.45, 7) is 0. The van der Waals surface area contributed by atoms with Gasteiger partial charge < -0.3 is 9.47 Å². The van der Waals surface area contributed by atoms with E-state index in [1.807, 2.05) is 84.9 Å². The van der Waals surface area contributed by atoms with E-state index >= 15 is 0 Å². The standard InChI is InChI=1S/C32H26O2/c1-4-14-25(15-5-1)30(29-21-11-13-23-32(29)34-28-19-8-3-9-20-28)24-26-16-10-12-22-31(26)33-27-17-6-2-7-18-27/h1-23,30H,24H2. The van der Waals surface area contributed by atoms with E-state index in [-0.39, 0.29) is 5.92 Å². The molecule has 0 fully saturated rings. The zero-order chi connectivity index (χ0) is 23.0. The average Bonchev–Trinajstić information content (AvgIpc) is 2.90. The van der Waals surface area contributed by atoms with Gasteiger partial charge in [0.15, 0.2) is 0 Å². The van der Waals surface area contributed by atoms with Crippen LogP contribution in [0.25, 0.3) is 0 Å². The molecule has 5 rings (SSSR count). The molecule has 0 bridgehead atoms. The third-order valence-corrected chi connectivity index (χ3v) is 5.84. The van der Waals surface area contributed by atoms with Crippen LogP contribution in [0.4, 0.5) is 0 Å². The van der Waals surface area contributed by atoms with Crippen molar-refractivity contribution in [2.75, 3.05) is 0 Å². The molecule has 0 saturated carbocycles. The van der Waals surface area contributed by atoms with Crippen LogP contribution in [0, 0.1) is 0 Å². The Morgan fingerprint density at radius 2 is 0.912 bits per heavy atom. The number of para-hydroxylation sites is 4. The Bertz CT molecular complexity index is 1320. The van der Waals surface area contributed by atoms with Gasteiger partial charge in [-0.25, -0.2) is 0 Å². The van der Waals surface area contributed by atoms with Gasteiger partial charge in [-0.3, -0.25) is 0 Å². The van der Waals surface area contributed by atoms with Gasteiger partial charge in [0.1, 0.15) is 23.0 Å². The molecular weight excluding hydrogens is 416 g/mol. The zero-order valence-corrected chi connectivity index (χ0v) is 18.9. The number of hydrogen-bond donors (Lipinski definition) is 0. The lowest BCUT2D eigenvalue weighted by Crippen LogP contribution is -2.08. The van der Waals surface area contributed by atoms with E-state index in [1.54, 1.807) is 0 Å². The second kappa shape index (κ2) is 10.5. The SMILES string of the molecule is c1ccc(Oc2ccccc2CC(c2ccccc2)c2ccccc2Oc2ccccc2)cc1. The monoisotopic (exact) mass is 442 g/mol. The van der Waals surface area contributed by atoms with Crippen LogP contribution in [0.5, 0.6) is 23.0 Å². The van der Waals surface area contributed by atoms with Gasteiger partial charge in [-0.05, 0) is 53.9 Å². The fourth-order valence-corrected chi connectivity index (χ4v) is 4.18. The molecule has 2 nitrogen and oxygen atoms in total. The Morgan fingerprint density at radius 1 is 0.441 bits per heavy atom. The van der Waals surface area contributed by atoms with Crippen molar-refractivity contribution in [3.8, 4) is 23.0 Å². The first-order chi connectivity index (χ1) is 16.9. The lowest BCUT2D eigenvalue weighted by Gasteiger charge is -2.22. The molecule has 0 aliphatic rings. The molecule has 5 aromatic rings. The Hall–Kier alpha value is -4.30. The summed E-state index contributed by atoms with van der Waals surface area (Å²) in [5.74, 6) is 3.50. The molecule has 0 aromatic heterocycles. The molecule has 0 radical (unpaired) electrons. The lowest BCUT2D eigenvalue weighted by atomic mass is 9.85. The highest BCUT2D eigenvalue weighted by Crippen LogP contribution is 2.38. The predicted octanol–water partition coefficient (Wildman–Crippen LogP) is 8.65. The highest BCUT2D eigenvalue weighted by Gasteiger charge is 2.21. The van der Waals surface area contributed by atoms with Gasteiger partial charge in [-0.1, -0.05) is 103 Å². The molecule has 0 aliphatic heterocycles. The molecule has 0 spiro atoms. The second-order valence-corrected chi connectivity index (χ2v) is 8.14. The van der Waals surface area contributed by atoms with Crippen LogP contribution in [0.2, 0.25) is 0 Å². The van der Waals surface area contributed by atoms with Gasteiger partial charge in [0.25, 0.3) is 0 Å². The van der Waals surface area contributed by atoms with E-state index in [1.165, 1.54) is 5.56 Å². The first-order valence-electron chi connectivity index (χ1n) is 11.5. The molecule has 0 N–H and O–H groups in total. The molecule has 5 aromatic carbocycles. The van der Waals surface area contributed by atoms with Gasteiger partial charge in [-0.15, -0.1) is 0 Å². The molecule has 34 heavy (non-hydrogen) atoms. The van der Waals surface area contributed by atoms with Crippen LogP contribution in [0.3, 0.4) is 0 Å². The van der Waals surface area contributed by atoms with Crippen LogP contribution in [-0.4, -0.2) is 0 Å². The van der Waals surface area contributed by atoms with E-state index in [9.17, 15) is 0 Å². The fraction of sp³-hybridized carbons (Fsp3) is 0.0625. The topological polar surface area (TPSA) is 18.5 Å². The molecule has 0 aliphatic carbocycles. The van der Waals surface area contributed by atoms with E-state index in [4.69, 9.17) is 9.47 Å².